The van der Waals surface area contributed by atoms with Gasteiger partial charge in [0.25, 0.3) is 0 Å². The Hall–Kier alpha value is -0.960. The van der Waals surface area contributed by atoms with Gasteiger partial charge in [-0.15, -0.1) is 0 Å². The molecule has 0 saturated heterocycles. The van der Waals surface area contributed by atoms with Crippen LogP contribution in [0.5, 0.6) is 0 Å². The van der Waals surface area contributed by atoms with E-state index in [9.17, 15) is 14.9 Å². The van der Waals surface area contributed by atoms with Crippen molar-refractivity contribution in [3.63, 3.8) is 0 Å². The number of hydrogen-bond donors (Lipinski definition) is 0. The van der Waals surface area contributed by atoms with Gasteiger partial charge in [-0.25, -0.2) is 4.79 Å². The van der Waals surface area contributed by atoms with E-state index in [-0.39, 0.29) is 0 Å². The molecule has 1 unspecified atom stereocenters. The minimum absolute atomic E-state index is 0.683. The van der Waals surface area contributed by atoms with E-state index < -0.39 is 19.6 Å². The molecular weight excluding hydrogens is 157 g/mol. The minimum Gasteiger partial charge on any atom is -0.381 e. The second-order valence-corrected chi connectivity index (χ2v) is 2.02. The molecule has 0 aromatic rings. The molecule has 56 valence electrons. The number of allylic oxidation sites excluding steroid dienone is 1. The lowest BCUT2D eigenvalue weighted by Gasteiger charge is -1.89. The molecule has 10 heavy (non-hydrogen) atoms. The van der Waals surface area contributed by atoms with Crippen LogP contribution >= 0.6 is 8.96 Å². The molecule has 0 aliphatic rings. The second-order valence-electron chi connectivity index (χ2n) is 1.27. The Morgan fingerprint density at radius 3 is 2.80 bits per heavy atom. The third-order valence-corrected chi connectivity index (χ3v) is 0.965. The maximum Gasteiger partial charge on any atom is 0.442 e. The van der Waals surface area contributed by atoms with Crippen LogP contribution in [-0.4, -0.2) is 10.7 Å². The summed E-state index contributed by atoms with van der Waals surface area (Å²) < 4.78 is 3.45. The fraction of sp³-hybridized carbons (Fsp3) is 0.250. The van der Waals surface area contributed by atoms with Gasteiger partial charge in [0.1, 0.15) is 0 Å². The van der Waals surface area contributed by atoms with Crippen molar-refractivity contribution in [1.82, 2.24) is 0 Å². The van der Waals surface area contributed by atoms with Crippen LogP contribution < -0.4 is 0 Å². The number of nitrogens with zero attached hydrogens (tertiary/aromatic N) is 1. The zero-order valence-electron chi connectivity index (χ0n) is 5.23. The summed E-state index contributed by atoms with van der Waals surface area (Å²) in [5, 5.41) is 9.62. The molecule has 0 saturated carbocycles. The largest absolute Gasteiger partial charge is 0.442 e. The summed E-state index contributed by atoms with van der Waals surface area (Å²) in [6, 6.07) is 0. The molecule has 0 rings (SSSR count). The first-order valence-electron chi connectivity index (χ1n) is 2.40. The van der Waals surface area contributed by atoms with Crippen molar-refractivity contribution in [3.8, 4) is 0 Å². The summed E-state index contributed by atoms with van der Waals surface area (Å²) in [6.07, 6.45) is 2.57. The molecule has 0 aliphatic heterocycles. The van der Waals surface area contributed by atoms with E-state index in [1.54, 1.807) is 6.92 Å². The normalized spacial score (nSPS) is 10.9. The Balaban J connectivity index is 3.50. The van der Waals surface area contributed by atoms with Gasteiger partial charge >= 0.3 is 14.9 Å². The third-order valence-electron chi connectivity index (χ3n) is 0.524. The van der Waals surface area contributed by atoms with Crippen molar-refractivity contribution >= 4 is 14.9 Å². The number of nitro groups is 1. The molecule has 0 fully saturated rings. The predicted octanol–water partition coefficient (Wildman–Crippen LogP) is 0.891. The van der Waals surface area contributed by atoms with E-state index in [0.29, 0.717) is 0 Å². The molecule has 0 bridgehead atoms. The average Bonchev–Trinajstić information content (AvgIpc) is 1.85. The van der Waals surface area contributed by atoms with Crippen LogP contribution in [0.4, 0.5) is 0 Å². The molecule has 1 atom stereocenters. The highest BCUT2D eigenvalue weighted by Crippen LogP contribution is 2.11. The average molecular weight is 163 g/mol. The van der Waals surface area contributed by atoms with Crippen LogP contribution in [0, 0.1) is 10.1 Å². The fourth-order valence-electron chi connectivity index (χ4n) is 0.252. The van der Waals surface area contributed by atoms with Gasteiger partial charge in [-0.1, -0.05) is 6.08 Å². The fourth-order valence-corrected chi connectivity index (χ4v) is 0.485. The maximum absolute atomic E-state index is 10.3. The molecule has 0 aromatic carbocycles. The van der Waals surface area contributed by atoms with Crippen molar-refractivity contribution < 1.29 is 14.0 Å². The number of hydrogen-bond acceptors (Lipinski definition) is 4. The topological polar surface area (TPSA) is 69.4 Å². The van der Waals surface area contributed by atoms with E-state index in [0.717, 1.165) is 6.08 Å². The summed E-state index contributed by atoms with van der Waals surface area (Å²) in [6.45, 7) is 1.62. The SMILES string of the molecule is CC=CC(=O)OP[N+](=O)[O-]. The van der Waals surface area contributed by atoms with E-state index in [2.05, 4.69) is 4.52 Å². The molecule has 6 heteroatoms. The summed E-state index contributed by atoms with van der Waals surface area (Å²) in [4.78, 5) is 20.0. The Labute approximate surface area is 59.1 Å². The molecule has 0 spiro atoms. The number of rotatable bonds is 3. The standard InChI is InChI=1S/C4H6NO4P/c1-2-3-4(6)9-10-5(7)8/h2-3,10H,1H3. The summed E-state index contributed by atoms with van der Waals surface area (Å²) >= 11 is 0. The quantitative estimate of drug-likeness (QED) is 0.268. The minimum atomic E-state index is -1.000. The van der Waals surface area contributed by atoms with Crippen molar-refractivity contribution in [2.75, 3.05) is 0 Å². The van der Waals surface area contributed by atoms with Crippen LogP contribution in [0.1, 0.15) is 6.92 Å². The highest BCUT2D eigenvalue weighted by molar-refractivity contribution is 7.25. The Morgan fingerprint density at radius 2 is 2.40 bits per heavy atom. The highest BCUT2D eigenvalue weighted by atomic mass is 31.1. The zero-order chi connectivity index (χ0) is 7.98. The van der Waals surface area contributed by atoms with Crippen molar-refractivity contribution in [3.05, 3.63) is 22.3 Å². The van der Waals surface area contributed by atoms with Crippen LogP contribution in [0.2, 0.25) is 0 Å². The first kappa shape index (κ1) is 9.04. The summed E-state index contributed by atoms with van der Waals surface area (Å²) in [7, 11) is -1.000. The number of carbonyl (C=O) groups is 1. The molecule has 0 N–H and O–H groups in total. The number of carbonyl (C=O) groups excluding carboxylic acids is 1. The first-order valence-corrected chi connectivity index (χ1v) is 3.26. The molecule has 0 aliphatic carbocycles. The van der Waals surface area contributed by atoms with Crippen molar-refractivity contribution in [2.24, 2.45) is 0 Å². The lowest BCUT2D eigenvalue weighted by molar-refractivity contribution is -0.306. The van der Waals surface area contributed by atoms with Gasteiger partial charge in [0.2, 0.25) is 0 Å². The molecule has 0 radical (unpaired) electrons. The first-order chi connectivity index (χ1) is 4.66. The van der Waals surface area contributed by atoms with Gasteiger partial charge in [0.15, 0.2) is 0 Å². The molecular formula is C4H6NO4P. The van der Waals surface area contributed by atoms with Gasteiger partial charge < -0.3 is 4.52 Å². The van der Waals surface area contributed by atoms with Gasteiger partial charge in [0, 0.05) is 6.08 Å². The van der Waals surface area contributed by atoms with Gasteiger partial charge in [-0.2, -0.15) is 0 Å². The second kappa shape index (κ2) is 4.88. The van der Waals surface area contributed by atoms with Crippen molar-refractivity contribution in [1.29, 1.82) is 0 Å². The third kappa shape index (κ3) is 5.18. The molecule has 0 amide bonds. The van der Waals surface area contributed by atoms with Crippen LogP contribution in [-0.2, 0) is 9.32 Å². The monoisotopic (exact) mass is 163 g/mol. The van der Waals surface area contributed by atoms with E-state index in [1.165, 1.54) is 6.08 Å². The van der Waals surface area contributed by atoms with Crippen LogP contribution in [0.3, 0.4) is 0 Å². The lowest BCUT2D eigenvalue weighted by atomic mass is 10.5. The molecule has 0 aromatic heterocycles. The molecule has 0 heterocycles. The Bertz CT molecular complexity index is 167. The van der Waals surface area contributed by atoms with E-state index >= 15 is 0 Å². The van der Waals surface area contributed by atoms with Gasteiger partial charge in [-0.05, 0) is 6.92 Å². The summed E-state index contributed by atoms with van der Waals surface area (Å²) in [5.74, 6) is -0.683. The summed E-state index contributed by atoms with van der Waals surface area (Å²) in [5.41, 5.74) is 0. The Morgan fingerprint density at radius 1 is 1.80 bits per heavy atom. The lowest BCUT2D eigenvalue weighted by Crippen LogP contribution is -1.93. The molecule has 5 nitrogen and oxygen atoms in total. The van der Waals surface area contributed by atoms with E-state index in [4.69, 9.17) is 0 Å². The van der Waals surface area contributed by atoms with E-state index in [1.807, 2.05) is 0 Å². The van der Waals surface area contributed by atoms with Crippen molar-refractivity contribution in [2.45, 2.75) is 6.92 Å². The highest BCUT2D eigenvalue weighted by Gasteiger charge is 2.02. The smallest absolute Gasteiger partial charge is 0.381 e. The van der Waals surface area contributed by atoms with Gasteiger partial charge in [0.05, 0.1) is 4.69 Å². The van der Waals surface area contributed by atoms with Crippen LogP contribution in [0.25, 0.3) is 0 Å². The predicted molar refractivity (Wildman–Crippen MR) is 36.2 cm³/mol. The van der Waals surface area contributed by atoms with Gasteiger partial charge in [-0.3, -0.25) is 10.1 Å². The van der Waals surface area contributed by atoms with Crippen LogP contribution in [0.15, 0.2) is 12.2 Å². The zero-order valence-corrected chi connectivity index (χ0v) is 6.23. The Kier molecular flexibility index (Phi) is 4.41. The maximum atomic E-state index is 10.3.